The fourth-order valence-electron chi connectivity index (χ4n) is 2.98. The first kappa shape index (κ1) is 15.2. The second kappa shape index (κ2) is 5.85. The van der Waals surface area contributed by atoms with Crippen molar-refractivity contribution in [3.8, 4) is 0 Å². The van der Waals surface area contributed by atoms with Crippen molar-refractivity contribution in [1.29, 1.82) is 0 Å². The fraction of sp³-hybridized carbons (Fsp3) is 0.929. The number of sulfonamides is 1. The van der Waals surface area contributed by atoms with Gasteiger partial charge in [-0.3, -0.25) is 9.69 Å². The zero-order chi connectivity index (χ0) is 15.0. The molecule has 1 heterocycles. The van der Waals surface area contributed by atoms with Gasteiger partial charge in [0.25, 0.3) is 0 Å². The molecule has 1 unspecified atom stereocenters. The largest absolute Gasteiger partial charge is 0.352 e. The molecule has 1 amide bonds. The number of carbonyl (C=O) groups excluding carboxylic acids is 1. The molecule has 0 radical (unpaired) electrons. The topological polar surface area (TPSA) is 69.7 Å². The summed E-state index contributed by atoms with van der Waals surface area (Å²) in [6.45, 7) is 1.94. The van der Waals surface area contributed by atoms with Gasteiger partial charge in [0, 0.05) is 25.7 Å². The second-order valence-corrected chi connectivity index (χ2v) is 8.91. The number of hydrogen-bond donors (Lipinski definition) is 1. The van der Waals surface area contributed by atoms with Crippen LogP contribution in [0.15, 0.2) is 0 Å². The van der Waals surface area contributed by atoms with Gasteiger partial charge in [-0.05, 0) is 45.1 Å². The molecular weight excluding hydrogens is 290 g/mol. The number of piperidine rings is 1. The van der Waals surface area contributed by atoms with E-state index in [9.17, 15) is 13.2 Å². The highest BCUT2D eigenvalue weighted by atomic mass is 32.2. The lowest BCUT2D eigenvalue weighted by Crippen LogP contribution is -2.51. The lowest BCUT2D eigenvalue weighted by atomic mass is 10.1. The Morgan fingerprint density at radius 3 is 2.57 bits per heavy atom. The standard InChI is InChI=1S/C14H25N3O3S/c1-16(21(19,20)13-6-7-13)12-3-2-8-17(9-12)10-14(18)15-11-4-5-11/h11-13H,2-10H2,1H3,(H,15,18). The number of carbonyl (C=O) groups is 1. The summed E-state index contributed by atoms with van der Waals surface area (Å²) in [6.07, 6.45) is 5.63. The molecular formula is C14H25N3O3S. The first-order valence-corrected chi connectivity index (χ1v) is 9.45. The molecule has 120 valence electrons. The zero-order valence-electron chi connectivity index (χ0n) is 12.6. The summed E-state index contributed by atoms with van der Waals surface area (Å²) >= 11 is 0. The summed E-state index contributed by atoms with van der Waals surface area (Å²) < 4.78 is 26.2. The van der Waals surface area contributed by atoms with Crippen molar-refractivity contribution in [3.63, 3.8) is 0 Å². The van der Waals surface area contributed by atoms with Crippen LogP contribution in [0.25, 0.3) is 0 Å². The summed E-state index contributed by atoms with van der Waals surface area (Å²) in [5.74, 6) is 0.0749. The minimum atomic E-state index is -3.12. The third-order valence-corrected chi connectivity index (χ3v) is 7.07. The van der Waals surface area contributed by atoms with Gasteiger partial charge in [-0.15, -0.1) is 0 Å². The first-order valence-electron chi connectivity index (χ1n) is 7.95. The van der Waals surface area contributed by atoms with Crippen molar-refractivity contribution in [2.75, 3.05) is 26.7 Å². The van der Waals surface area contributed by atoms with E-state index in [4.69, 9.17) is 0 Å². The van der Waals surface area contributed by atoms with Gasteiger partial charge in [0.05, 0.1) is 11.8 Å². The van der Waals surface area contributed by atoms with Gasteiger partial charge < -0.3 is 5.32 Å². The average Bonchev–Trinajstić information content (AvgIpc) is 3.30. The van der Waals surface area contributed by atoms with Crippen LogP contribution in [-0.2, 0) is 14.8 Å². The molecule has 21 heavy (non-hydrogen) atoms. The molecule has 1 saturated heterocycles. The normalized spacial score (nSPS) is 27.8. The van der Waals surface area contributed by atoms with Crippen molar-refractivity contribution in [1.82, 2.24) is 14.5 Å². The molecule has 7 heteroatoms. The van der Waals surface area contributed by atoms with Crippen molar-refractivity contribution in [2.45, 2.75) is 55.9 Å². The monoisotopic (exact) mass is 315 g/mol. The van der Waals surface area contributed by atoms with E-state index in [-0.39, 0.29) is 17.2 Å². The summed E-state index contributed by atoms with van der Waals surface area (Å²) in [5.41, 5.74) is 0. The molecule has 0 spiro atoms. The van der Waals surface area contributed by atoms with Crippen molar-refractivity contribution >= 4 is 15.9 Å². The van der Waals surface area contributed by atoms with Crippen LogP contribution < -0.4 is 5.32 Å². The number of rotatable bonds is 6. The van der Waals surface area contributed by atoms with Crippen LogP contribution in [0.5, 0.6) is 0 Å². The Labute approximate surface area is 126 Å². The van der Waals surface area contributed by atoms with Crippen molar-refractivity contribution < 1.29 is 13.2 Å². The van der Waals surface area contributed by atoms with Crippen LogP contribution in [0, 0.1) is 0 Å². The summed E-state index contributed by atoms with van der Waals surface area (Å²) in [5, 5.41) is 2.83. The number of amides is 1. The number of likely N-dealkylation sites (tertiary alicyclic amines) is 1. The Morgan fingerprint density at radius 2 is 1.95 bits per heavy atom. The van der Waals surface area contributed by atoms with Crippen LogP contribution in [0.4, 0.5) is 0 Å². The molecule has 3 aliphatic rings. The van der Waals surface area contributed by atoms with E-state index in [1.807, 2.05) is 0 Å². The quantitative estimate of drug-likeness (QED) is 0.758. The molecule has 2 saturated carbocycles. The predicted molar refractivity (Wildman–Crippen MR) is 80.3 cm³/mol. The summed E-state index contributed by atoms with van der Waals surface area (Å²) in [4.78, 5) is 14.0. The molecule has 3 rings (SSSR count). The molecule has 0 aromatic heterocycles. The Kier molecular flexibility index (Phi) is 4.25. The second-order valence-electron chi connectivity index (χ2n) is 6.63. The number of nitrogens with one attached hydrogen (secondary N) is 1. The molecule has 0 aromatic carbocycles. The van der Waals surface area contributed by atoms with Crippen LogP contribution in [-0.4, -0.2) is 67.5 Å². The first-order chi connectivity index (χ1) is 9.96. The molecule has 0 bridgehead atoms. The van der Waals surface area contributed by atoms with E-state index in [1.165, 1.54) is 0 Å². The lowest BCUT2D eigenvalue weighted by molar-refractivity contribution is -0.122. The number of hydrogen-bond acceptors (Lipinski definition) is 4. The van der Waals surface area contributed by atoms with E-state index >= 15 is 0 Å². The van der Waals surface area contributed by atoms with Gasteiger partial charge in [0.2, 0.25) is 15.9 Å². The fourth-order valence-corrected chi connectivity index (χ4v) is 4.77. The van der Waals surface area contributed by atoms with Gasteiger partial charge in [0.1, 0.15) is 0 Å². The van der Waals surface area contributed by atoms with Gasteiger partial charge in [-0.25, -0.2) is 12.7 Å². The SMILES string of the molecule is CN(C1CCCN(CC(=O)NC2CC2)C1)S(=O)(=O)C1CC1. The molecule has 3 fully saturated rings. The minimum absolute atomic E-state index is 0.0121. The van der Waals surface area contributed by atoms with E-state index in [0.29, 0.717) is 19.1 Å². The van der Waals surface area contributed by atoms with E-state index < -0.39 is 10.0 Å². The molecule has 6 nitrogen and oxygen atoms in total. The van der Waals surface area contributed by atoms with E-state index in [0.717, 1.165) is 45.1 Å². The third-order valence-electron chi connectivity index (χ3n) is 4.65. The van der Waals surface area contributed by atoms with Crippen LogP contribution in [0.3, 0.4) is 0 Å². The van der Waals surface area contributed by atoms with Gasteiger partial charge in [-0.2, -0.15) is 0 Å². The van der Waals surface area contributed by atoms with Gasteiger partial charge in [0.15, 0.2) is 0 Å². The molecule has 1 N–H and O–H groups in total. The minimum Gasteiger partial charge on any atom is -0.352 e. The Balaban J connectivity index is 1.53. The highest BCUT2D eigenvalue weighted by Crippen LogP contribution is 2.32. The summed E-state index contributed by atoms with van der Waals surface area (Å²) in [7, 11) is -1.42. The highest BCUT2D eigenvalue weighted by Gasteiger charge is 2.41. The van der Waals surface area contributed by atoms with Gasteiger partial charge in [-0.1, -0.05) is 0 Å². The van der Waals surface area contributed by atoms with E-state index in [1.54, 1.807) is 11.4 Å². The Hall–Kier alpha value is -0.660. The lowest BCUT2D eigenvalue weighted by Gasteiger charge is -2.36. The van der Waals surface area contributed by atoms with Crippen LogP contribution >= 0.6 is 0 Å². The zero-order valence-corrected chi connectivity index (χ0v) is 13.4. The molecule has 2 aliphatic carbocycles. The summed E-state index contributed by atoms with van der Waals surface area (Å²) in [6, 6.07) is 0.397. The Bertz CT molecular complexity index is 500. The molecule has 0 aromatic rings. The van der Waals surface area contributed by atoms with Crippen LogP contribution in [0.1, 0.15) is 38.5 Å². The molecule has 1 aliphatic heterocycles. The highest BCUT2D eigenvalue weighted by molar-refractivity contribution is 7.90. The van der Waals surface area contributed by atoms with E-state index in [2.05, 4.69) is 10.2 Å². The van der Waals surface area contributed by atoms with Gasteiger partial charge >= 0.3 is 0 Å². The van der Waals surface area contributed by atoms with Crippen LogP contribution in [0.2, 0.25) is 0 Å². The predicted octanol–water partition coefficient (Wildman–Crippen LogP) is 0.153. The maximum Gasteiger partial charge on any atom is 0.234 e. The average molecular weight is 315 g/mol. The van der Waals surface area contributed by atoms with Crippen molar-refractivity contribution in [2.24, 2.45) is 0 Å². The number of nitrogens with zero attached hydrogens (tertiary/aromatic N) is 2. The Morgan fingerprint density at radius 1 is 1.24 bits per heavy atom. The number of likely N-dealkylation sites (N-methyl/N-ethyl adjacent to an activating group) is 1. The van der Waals surface area contributed by atoms with Crippen molar-refractivity contribution in [3.05, 3.63) is 0 Å². The third kappa shape index (κ3) is 3.76. The smallest absolute Gasteiger partial charge is 0.234 e. The molecule has 1 atom stereocenters. The maximum atomic E-state index is 12.3. The maximum absolute atomic E-state index is 12.3.